The van der Waals surface area contributed by atoms with Gasteiger partial charge in [-0.3, -0.25) is 4.90 Å². The molecule has 0 amide bonds. The molecule has 1 atom stereocenters. The number of alkyl halides is 3. The van der Waals surface area contributed by atoms with E-state index in [2.05, 4.69) is 0 Å². The van der Waals surface area contributed by atoms with Crippen molar-refractivity contribution in [1.29, 1.82) is 0 Å². The van der Waals surface area contributed by atoms with Crippen molar-refractivity contribution < 1.29 is 17.6 Å². The first kappa shape index (κ1) is 15.3. The lowest BCUT2D eigenvalue weighted by atomic mass is 9.90. The number of hydrogen-bond acceptors (Lipinski definition) is 2. The van der Waals surface area contributed by atoms with Gasteiger partial charge in [0.2, 0.25) is 0 Å². The average Bonchev–Trinajstić information content (AvgIpc) is 2.73. The summed E-state index contributed by atoms with van der Waals surface area (Å²) < 4.78 is 51.6. The zero-order chi connectivity index (χ0) is 15.0. The molecular weight excluding hydrogens is 272 g/mol. The SMILES string of the molecule is CC1(CN)CCN(Cc2cc(C(F)(F)F)ccc2F)C1. The lowest BCUT2D eigenvalue weighted by Crippen LogP contribution is -2.31. The van der Waals surface area contributed by atoms with Gasteiger partial charge in [-0.05, 0) is 43.1 Å². The zero-order valence-electron chi connectivity index (χ0n) is 11.3. The van der Waals surface area contributed by atoms with E-state index >= 15 is 0 Å². The highest BCUT2D eigenvalue weighted by molar-refractivity contribution is 5.27. The van der Waals surface area contributed by atoms with Crippen molar-refractivity contribution in [3.05, 3.63) is 35.1 Å². The van der Waals surface area contributed by atoms with Gasteiger partial charge in [0.05, 0.1) is 5.56 Å². The van der Waals surface area contributed by atoms with E-state index in [9.17, 15) is 17.6 Å². The number of nitrogens with zero attached hydrogens (tertiary/aromatic N) is 1. The van der Waals surface area contributed by atoms with Crippen molar-refractivity contribution in [1.82, 2.24) is 4.90 Å². The molecule has 1 unspecified atom stereocenters. The highest BCUT2D eigenvalue weighted by atomic mass is 19.4. The van der Waals surface area contributed by atoms with Crippen LogP contribution in [0.2, 0.25) is 0 Å². The third kappa shape index (κ3) is 3.30. The van der Waals surface area contributed by atoms with E-state index in [1.54, 1.807) is 0 Å². The second-order valence-corrected chi connectivity index (χ2v) is 5.78. The summed E-state index contributed by atoms with van der Waals surface area (Å²) in [7, 11) is 0. The first-order valence-electron chi connectivity index (χ1n) is 6.52. The summed E-state index contributed by atoms with van der Waals surface area (Å²) in [6.45, 7) is 4.15. The molecule has 1 aromatic carbocycles. The number of halogens is 4. The van der Waals surface area contributed by atoms with Crippen LogP contribution in [0, 0.1) is 11.2 Å². The normalized spacial score (nSPS) is 24.3. The largest absolute Gasteiger partial charge is 0.416 e. The van der Waals surface area contributed by atoms with Gasteiger partial charge in [0.1, 0.15) is 5.82 Å². The molecule has 2 rings (SSSR count). The lowest BCUT2D eigenvalue weighted by Gasteiger charge is -2.23. The van der Waals surface area contributed by atoms with E-state index in [1.807, 2.05) is 11.8 Å². The predicted octanol–water partition coefficient (Wildman–Crippen LogP) is 3.02. The Morgan fingerprint density at radius 2 is 2.05 bits per heavy atom. The van der Waals surface area contributed by atoms with Gasteiger partial charge in [0.15, 0.2) is 0 Å². The van der Waals surface area contributed by atoms with Crippen LogP contribution >= 0.6 is 0 Å². The molecule has 0 aromatic heterocycles. The Morgan fingerprint density at radius 1 is 1.35 bits per heavy atom. The van der Waals surface area contributed by atoms with Gasteiger partial charge >= 0.3 is 6.18 Å². The average molecular weight is 290 g/mol. The fourth-order valence-corrected chi connectivity index (χ4v) is 2.54. The van der Waals surface area contributed by atoms with Crippen molar-refractivity contribution in [3.8, 4) is 0 Å². The van der Waals surface area contributed by atoms with E-state index in [0.29, 0.717) is 13.1 Å². The van der Waals surface area contributed by atoms with Gasteiger partial charge in [-0.25, -0.2) is 4.39 Å². The van der Waals surface area contributed by atoms with E-state index in [1.165, 1.54) is 0 Å². The molecule has 0 bridgehead atoms. The van der Waals surface area contributed by atoms with Crippen molar-refractivity contribution in [3.63, 3.8) is 0 Å². The Morgan fingerprint density at radius 3 is 2.60 bits per heavy atom. The molecule has 0 radical (unpaired) electrons. The lowest BCUT2D eigenvalue weighted by molar-refractivity contribution is -0.137. The summed E-state index contributed by atoms with van der Waals surface area (Å²) >= 11 is 0. The maximum Gasteiger partial charge on any atom is 0.416 e. The van der Waals surface area contributed by atoms with Crippen LogP contribution in [-0.2, 0) is 12.7 Å². The van der Waals surface area contributed by atoms with E-state index in [0.717, 1.165) is 31.2 Å². The molecule has 1 fully saturated rings. The topological polar surface area (TPSA) is 29.3 Å². The summed E-state index contributed by atoms with van der Waals surface area (Å²) in [4.78, 5) is 1.95. The Bertz CT molecular complexity index is 487. The second kappa shape index (κ2) is 5.33. The highest BCUT2D eigenvalue weighted by Gasteiger charge is 2.34. The van der Waals surface area contributed by atoms with Gasteiger partial charge in [0, 0.05) is 18.7 Å². The molecular formula is C14H18F4N2. The molecule has 1 aromatic rings. The van der Waals surface area contributed by atoms with Crippen LogP contribution in [0.4, 0.5) is 17.6 Å². The summed E-state index contributed by atoms with van der Waals surface area (Å²) in [6.07, 6.45) is -3.57. The molecule has 112 valence electrons. The van der Waals surface area contributed by atoms with Crippen molar-refractivity contribution in [2.24, 2.45) is 11.1 Å². The standard InChI is InChI=1S/C14H18F4N2/c1-13(8-19)4-5-20(9-13)7-10-6-11(14(16,17)18)2-3-12(10)15/h2-3,6H,4-5,7-9,19H2,1H3. The quantitative estimate of drug-likeness (QED) is 0.867. The van der Waals surface area contributed by atoms with Crippen molar-refractivity contribution in [2.75, 3.05) is 19.6 Å². The molecule has 1 saturated heterocycles. The maximum absolute atomic E-state index is 13.7. The van der Waals surface area contributed by atoms with E-state index < -0.39 is 17.6 Å². The summed E-state index contributed by atoms with van der Waals surface area (Å²) in [6, 6.07) is 2.55. The molecule has 0 saturated carbocycles. The third-order valence-corrected chi connectivity index (χ3v) is 3.90. The maximum atomic E-state index is 13.7. The number of hydrogen-bond donors (Lipinski definition) is 1. The molecule has 2 N–H and O–H groups in total. The van der Waals surface area contributed by atoms with Crippen LogP contribution in [0.1, 0.15) is 24.5 Å². The van der Waals surface area contributed by atoms with Crippen molar-refractivity contribution >= 4 is 0 Å². The minimum atomic E-state index is -4.45. The van der Waals surface area contributed by atoms with Gasteiger partial charge < -0.3 is 5.73 Å². The zero-order valence-corrected chi connectivity index (χ0v) is 11.3. The minimum absolute atomic E-state index is 0.0296. The predicted molar refractivity (Wildman–Crippen MR) is 68.5 cm³/mol. The first-order chi connectivity index (χ1) is 9.23. The number of likely N-dealkylation sites (tertiary alicyclic amines) is 1. The van der Waals surface area contributed by atoms with E-state index in [4.69, 9.17) is 5.73 Å². The highest BCUT2D eigenvalue weighted by Crippen LogP contribution is 2.32. The van der Waals surface area contributed by atoms with Crippen LogP contribution in [-0.4, -0.2) is 24.5 Å². The molecule has 20 heavy (non-hydrogen) atoms. The van der Waals surface area contributed by atoms with Gasteiger partial charge in [-0.15, -0.1) is 0 Å². The van der Waals surface area contributed by atoms with Crippen LogP contribution in [0.25, 0.3) is 0 Å². The Balaban J connectivity index is 2.14. The molecule has 0 aliphatic carbocycles. The van der Waals surface area contributed by atoms with Crippen LogP contribution < -0.4 is 5.73 Å². The molecule has 1 aliphatic rings. The van der Waals surface area contributed by atoms with Crippen LogP contribution in [0.3, 0.4) is 0 Å². The van der Waals surface area contributed by atoms with Crippen molar-refractivity contribution in [2.45, 2.75) is 26.1 Å². The summed E-state index contributed by atoms with van der Waals surface area (Å²) in [5.74, 6) is -0.598. The Hall–Kier alpha value is -1.14. The molecule has 6 heteroatoms. The van der Waals surface area contributed by atoms with E-state index in [-0.39, 0.29) is 17.5 Å². The summed E-state index contributed by atoms with van der Waals surface area (Å²) in [5, 5.41) is 0. The van der Waals surface area contributed by atoms with Crippen LogP contribution in [0.15, 0.2) is 18.2 Å². The van der Waals surface area contributed by atoms with Gasteiger partial charge in [-0.2, -0.15) is 13.2 Å². The molecule has 1 heterocycles. The number of benzene rings is 1. The van der Waals surface area contributed by atoms with Gasteiger partial charge in [0.25, 0.3) is 0 Å². The second-order valence-electron chi connectivity index (χ2n) is 5.78. The van der Waals surface area contributed by atoms with Crippen LogP contribution in [0.5, 0.6) is 0 Å². The fourth-order valence-electron chi connectivity index (χ4n) is 2.54. The molecule has 1 aliphatic heterocycles. The Labute approximate surface area is 115 Å². The first-order valence-corrected chi connectivity index (χ1v) is 6.52. The minimum Gasteiger partial charge on any atom is -0.330 e. The number of nitrogens with two attached hydrogens (primary N) is 1. The smallest absolute Gasteiger partial charge is 0.330 e. The molecule has 2 nitrogen and oxygen atoms in total. The summed E-state index contributed by atoms with van der Waals surface area (Å²) in [5.41, 5.74) is 4.93. The fraction of sp³-hybridized carbons (Fsp3) is 0.571. The monoisotopic (exact) mass is 290 g/mol. The molecule has 0 spiro atoms. The third-order valence-electron chi connectivity index (χ3n) is 3.90. The van der Waals surface area contributed by atoms with Gasteiger partial charge in [-0.1, -0.05) is 6.92 Å². The number of rotatable bonds is 3. The Kier molecular flexibility index (Phi) is 4.07.